The highest BCUT2D eigenvalue weighted by molar-refractivity contribution is 7.89. The highest BCUT2D eigenvalue weighted by Gasteiger charge is 2.39. The van der Waals surface area contributed by atoms with Crippen LogP contribution in [-0.4, -0.2) is 56.0 Å². The van der Waals surface area contributed by atoms with E-state index >= 15 is 0 Å². The summed E-state index contributed by atoms with van der Waals surface area (Å²) in [6.45, 7) is 1.68. The molecule has 2 aliphatic rings. The van der Waals surface area contributed by atoms with E-state index in [2.05, 4.69) is 5.38 Å². The topological polar surface area (TPSA) is 66.8 Å². The molecule has 2 saturated heterocycles. The van der Waals surface area contributed by atoms with Crippen molar-refractivity contribution in [3.8, 4) is 0 Å². The molecule has 0 aliphatic carbocycles. The molecular weight excluding hydrogens is 322 g/mol. The number of nitrogens with zero attached hydrogens (tertiary/aromatic N) is 1. The lowest BCUT2D eigenvalue weighted by Gasteiger charge is -2.17. The number of rotatable bonds is 6. The number of ether oxygens (including phenoxy) is 1. The van der Waals surface area contributed by atoms with Gasteiger partial charge >= 0.3 is 0 Å². The van der Waals surface area contributed by atoms with Crippen LogP contribution in [0.5, 0.6) is 0 Å². The van der Waals surface area contributed by atoms with E-state index in [0.717, 1.165) is 25.0 Å². The van der Waals surface area contributed by atoms with Crippen molar-refractivity contribution in [3.05, 3.63) is 22.4 Å². The van der Waals surface area contributed by atoms with Gasteiger partial charge in [-0.3, -0.25) is 0 Å². The molecule has 0 amide bonds. The molecular formula is C15H23NO4S2. The Morgan fingerprint density at radius 1 is 1.41 bits per heavy atom. The largest absolute Gasteiger partial charge is 0.396 e. The number of thiophene rings is 1. The van der Waals surface area contributed by atoms with Crippen molar-refractivity contribution in [3.63, 3.8) is 0 Å². The molecule has 1 aromatic heterocycles. The molecule has 7 heteroatoms. The normalized spacial score (nSPS) is 30.1. The van der Waals surface area contributed by atoms with Crippen molar-refractivity contribution in [2.75, 3.05) is 32.1 Å². The number of hydrogen-bond acceptors (Lipinski definition) is 5. The monoisotopic (exact) mass is 345 g/mol. The maximum absolute atomic E-state index is 12.6. The van der Waals surface area contributed by atoms with Gasteiger partial charge in [-0.25, -0.2) is 12.7 Å². The molecule has 5 nitrogen and oxygen atoms in total. The summed E-state index contributed by atoms with van der Waals surface area (Å²) in [7, 11) is -3.27. The van der Waals surface area contributed by atoms with Crippen LogP contribution >= 0.6 is 11.3 Å². The summed E-state index contributed by atoms with van der Waals surface area (Å²) in [5, 5.41) is 13.6. The van der Waals surface area contributed by atoms with Crippen LogP contribution in [0.3, 0.4) is 0 Å². The van der Waals surface area contributed by atoms with Gasteiger partial charge in [-0.05, 0) is 41.7 Å². The first-order chi connectivity index (χ1) is 10.6. The van der Waals surface area contributed by atoms with Crippen molar-refractivity contribution in [1.82, 2.24) is 4.31 Å². The van der Waals surface area contributed by atoms with E-state index in [1.807, 2.05) is 11.4 Å². The fraction of sp³-hybridized carbons (Fsp3) is 0.733. The highest BCUT2D eigenvalue weighted by Crippen LogP contribution is 2.35. The number of aliphatic hydroxyl groups excluding tert-OH is 1. The fourth-order valence-electron chi connectivity index (χ4n) is 3.39. The van der Waals surface area contributed by atoms with Crippen LogP contribution in [0.15, 0.2) is 16.8 Å². The van der Waals surface area contributed by atoms with Gasteiger partial charge in [-0.1, -0.05) is 0 Å². The number of sulfonamides is 1. The van der Waals surface area contributed by atoms with E-state index in [1.54, 1.807) is 15.6 Å². The predicted octanol–water partition coefficient (Wildman–Crippen LogP) is 1.65. The van der Waals surface area contributed by atoms with Crippen LogP contribution in [0.2, 0.25) is 0 Å². The van der Waals surface area contributed by atoms with Gasteiger partial charge in [0, 0.05) is 38.1 Å². The summed E-state index contributed by atoms with van der Waals surface area (Å²) in [6.07, 6.45) is 2.66. The Kier molecular flexibility index (Phi) is 5.19. The minimum absolute atomic E-state index is 0.00731. The van der Waals surface area contributed by atoms with Crippen molar-refractivity contribution < 1.29 is 18.3 Å². The number of hydrogen-bond donors (Lipinski definition) is 1. The summed E-state index contributed by atoms with van der Waals surface area (Å²) in [4.78, 5) is 0. The Balaban J connectivity index is 1.63. The van der Waals surface area contributed by atoms with Gasteiger partial charge in [0.05, 0.1) is 11.9 Å². The molecule has 0 saturated carbocycles. The average molecular weight is 345 g/mol. The Morgan fingerprint density at radius 3 is 2.91 bits per heavy atom. The molecule has 0 spiro atoms. The van der Waals surface area contributed by atoms with E-state index < -0.39 is 10.0 Å². The summed E-state index contributed by atoms with van der Waals surface area (Å²) >= 11 is 1.61. The molecule has 0 bridgehead atoms. The SMILES string of the molecule is O=S(=O)(CC[C@@H]1CCCO1)N1C[C@@H](CO)[C@H](c2ccsc2)C1. The molecule has 1 N–H and O–H groups in total. The minimum Gasteiger partial charge on any atom is -0.396 e. The van der Waals surface area contributed by atoms with Crippen LogP contribution in [0.4, 0.5) is 0 Å². The second-order valence-electron chi connectivity index (χ2n) is 6.16. The Morgan fingerprint density at radius 2 is 2.27 bits per heavy atom. The Hall–Kier alpha value is -0.470. The van der Waals surface area contributed by atoms with Crippen LogP contribution in [0.1, 0.15) is 30.7 Å². The van der Waals surface area contributed by atoms with Crippen molar-refractivity contribution in [1.29, 1.82) is 0 Å². The first-order valence-corrected chi connectivity index (χ1v) is 10.4. The third-order valence-electron chi connectivity index (χ3n) is 4.73. The zero-order valence-corrected chi connectivity index (χ0v) is 14.2. The van der Waals surface area contributed by atoms with E-state index in [4.69, 9.17) is 4.74 Å². The van der Waals surface area contributed by atoms with Gasteiger partial charge in [0.1, 0.15) is 0 Å². The van der Waals surface area contributed by atoms with Gasteiger partial charge in [0.25, 0.3) is 0 Å². The minimum atomic E-state index is -3.27. The average Bonchev–Trinajstić information content (AvgIpc) is 3.23. The standard InChI is InChI=1S/C15H23NO4S2/c17-10-13-8-16(9-15(13)12-3-6-21-11-12)22(18,19)7-4-14-2-1-5-20-14/h3,6,11,13-15,17H,1-2,4-5,7-10H2/t13-,14-,15-/m0/s1. The predicted molar refractivity (Wildman–Crippen MR) is 86.6 cm³/mol. The van der Waals surface area contributed by atoms with Crippen LogP contribution < -0.4 is 0 Å². The quantitative estimate of drug-likeness (QED) is 0.851. The lowest BCUT2D eigenvalue weighted by molar-refractivity contribution is 0.108. The lowest BCUT2D eigenvalue weighted by Crippen LogP contribution is -2.32. The second-order valence-corrected chi connectivity index (χ2v) is 9.03. The van der Waals surface area contributed by atoms with E-state index in [-0.39, 0.29) is 30.3 Å². The molecule has 3 atom stereocenters. The molecule has 0 aromatic carbocycles. The lowest BCUT2D eigenvalue weighted by atomic mass is 9.92. The maximum atomic E-state index is 12.6. The van der Waals surface area contributed by atoms with Crippen LogP contribution in [-0.2, 0) is 14.8 Å². The molecule has 0 radical (unpaired) electrons. The van der Waals surface area contributed by atoms with Crippen LogP contribution in [0, 0.1) is 5.92 Å². The highest BCUT2D eigenvalue weighted by atomic mass is 32.2. The Labute approximate surface area is 136 Å². The zero-order chi connectivity index (χ0) is 15.6. The Bertz CT molecular complexity index is 566. The van der Waals surface area contributed by atoms with Gasteiger partial charge < -0.3 is 9.84 Å². The first-order valence-electron chi connectivity index (χ1n) is 7.82. The molecule has 2 fully saturated rings. The maximum Gasteiger partial charge on any atom is 0.214 e. The van der Waals surface area contributed by atoms with Gasteiger partial charge in [0.15, 0.2) is 0 Å². The van der Waals surface area contributed by atoms with Gasteiger partial charge in [-0.15, -0.1) is 0 Å². The van der Waals surface area contributed by atoms with Gasteiger partial charge in [-0.2, -0.15) is 11.3 Å². The van der Waals surface area contributed by atoms with Crippen molar-refractivity contribution >= 4 is 21.4 Å². The number of aliphatic hydroxyl groups is 1. The van der Waals surface area contributed by atoms with E-state index in [1.165, 1.54) is 0 Å². The summed E-state index contributed by atoms with van der Waals surface area (Å²) < 4.78 is 32.2. The molecule has 3 rings (SSSR count). The molecule has 0 unspecified atom stereocenters. The first kappa shape index (κ1) is 16.4. The summed E-state index contributed by atoms with van der Waals surface area (Å²) in [5.74, 6) is 0.243. The van der Waals surface area contributed by atoms with Gasteiger partial charge in [0.2, 0.25) is 10.0 Å². The third kappa shape index (κ3) is 3.54. The smallest absolute Gasteiger partial charge is 0.214 e. The summed E-state index contributed by atoms with van der Waals surface area (Å²) in [6, 6.07) is 2.03. The molecule has 3 heterocycles. The van der Waals surface area contributed by atoms with Crippen LogP contribution in [0.25, 0.3) is 0 Å². The third-order valence-corrected chi connectivity index (χ3v) is 7.27. The molecule has 2 aliphatic heterocycles. The second kappa shape index (κ2) is 6.97. The molecule has 124 valence electrons. The summed E-state index contributed by atoms with van der Waals surface area (Å²) in [5.41, 5.74) is 1.14. The fourth-order valence-corrected chi connectivity index (χ4v) is 5.74. The molecule has 22 heavy (non-hydrogen) atoms. The van der Waals surface area contributed by atoms with Crippen molar-refractivity contribution in [2.24, 2.45) is 5.92 Å². The molecule has 1 aromatic rings. The zero-order valence-electron chi connectivity index (χ0n) is 12.6. The van der Waals surface area contributed by atoms with Crippen molar-refractivity contribution in [2.45, 2.75) is 31.3 Å². The van der Waals surface area contributed by atoms with E-state index in [0.29, 0.717) is 19.5 Å². The van der Waals surface area contributed by atoms with E-state index in [9.17, 15) is 13.5 Å².